The summed E-state index contributed by atoms with van der Waals surface area (Å²) < 4.78 is 28.0. The number of nitrogens with zero attached hydrogens (tertiary/aromatic N) is 1. The van der Waals surface area contributed by atoms with E-state index in [0.29, 0.717) is 13.1 Å². The van der Waals surface area contributed by atoms with Gasteiger partial charge in [-0.15, -0.1) is 12.4 Å². The van der Waals surface area contributed by atoms with Gasteiger partial charge in [0.25, 0.3) is 10.2 Å². The molecule has 1 fully saturated rings. The zero-order valence-electron chi connectivity index (χ0n) is 9.85. The maximum atomic E-state index is 11.9. The predicted molar refractivity (Wildman–Crippen MR) is 67.8 cm³/mol. The Labute approximate surface area is 104 Å². The van der Waals surface area contributed by atoms with Crippen molar-refractivity contribution in [2.45, 2.75) is 45.2 Å². The van der Waals surface area contributed by atoms with Gasteiger partial charge in [-0.05, 0) is 26.7 Å². The Morgan fingerprint density at radius 2 is 2.12 bits per heavy atom. The Balaban J connectivity index is 0.00000225. The fourth-order valence-electron chi connectivity index (χ4n) is 1.80. The van der Waals surface area contributed by atoms with Crippen LogP contribution in [0.15, 0.2) is 0 Å². The topological polar surface area (TPSA) is 75.4 Å². The maximum absolute atomic E-state index is 11.9. The number of halogens is 1. The molecule has 1 saturated heterocycles. The van der Waals surface area contributed by atoms with Crippen LogP contribution in [0.2, 0.25) is 0 Å². The van der Waals surface area contributed by atoms with Gasteiger partial charge in [-0.2, -0.15) is 17.4 Å². The molecule has 1 rings (SSSR count). The van der Waals surface area contributed by atoms with E-state index in [2.05, 4.69) is 4.72 Å². The molecule has 0 bridgehead atoms. The Morgan fingerprint density at radius 3 is 2.62 bits per heavy atom. The second-order valence-electron chi connectivity index (χ2n) is 4.22. The number of rotatable bonds is 4. The van der Waals surface area contributed by atoms with Crippen LogP contribution < -0.4 is 10.5 Å². The van der Waals surface area contributed by atoms with E-state index in [1.165, 1.54) is 0 Å². The van der Waals surface area contributed by atoms with E-state index in [1.807, 2.05) is 6.92 Å². The molecule has 0 aromatic heterocycles. The van der Waals surface area contributed by atoms with Crippen LogP contribution >= 0.6 is 12.4 Å². The van der Waals surface area contributed by atoms with Crippen LogP contribution in [0.5, 0.6) is 0 Å². The van der Waals surface area contributed by atoms with Crippen LogP contribution in [0.1, 0.15) is 33.1 Å². The Kier molecular flexibility index (Phi) is 6.81. The molecule has 16 heavy (non-hydrogen) atoms. The number of nitrogens with two attached hydrogens (primary N) is 1. The molecule has 1 aliphatic heterocycles. The summed E-state index contributed by atoms with van der Waals surface area (Å²) in [4.78, 5) is 0. The number of hydrogen-bond acceptors (Lipinski definition) is 3. The van der Waals surface area contributed by atoms with Crippen LogP contribution in [0.4, 0.5) is 0 Å². The van der Waals surface area contributed by atoms with E-state index < -0.39 is 10.2 Å². The van der Waals surface area contributed by atoms with E-state index in [9.17, 15) is 8.42 Å². The van der Waals surface area contributed by atoms with Crippen LogP contribution in [-0.2, 0) is 10.2 Å². The molecule has 0 saturated carbocycles. The maximum Gasteiger partial charge on any atom is 0.279 e. The Bertz CT molecular complexity index is 297. The lowest BCUT2D eigenvalue weighted by molar-refractivity contribution is 0.264. The van der Waals surface area contributed by atoms with Gasteiger partial charge in [0.05, 0.1) is 0 Å². The van der Waals surface area contributed by atoms with Crippen LogP contribution in [0, 0.1) is 0 Å². The molecule has 0 aliphatic carbocycles. The summed E-state index contributed by atoms with van der Waals surface area (Å²) in [6, 6.07) is -0.106. The summed E-state index contributed by atoms with van der Waals surface area (Å²) in [5, 5.41) is 0. The first kappa shape index (κ1) is 16.1. The smallest absolute Gasteiger partial charge is 0.279 e. The summed E-state index contributed by atoms with van der Waals surface area (Å²) in [6.45, 7) is 4.66. The molecule has 7 heteroatoms. The fraction of sp³-hybridized carbons (Fsp3) is 1.00. The van der Waals surface area contributed by atoms with Crippen molar-refractivity contribution in [3.63, 3.8) is 0 Å². The van der Waals surface area contributed by atoms with Crippen molar-refractivity contribution >= 4 is 22.6 Å². The standard InChI is InChI=1S/C9H21N3O2S.ClH/c1-8(7-10)11-15(13,14)12-6-4-3-5-9(12)2;/h8-9,11H,3-7,10H2,1-2H3;1H/t8-,9?;/m0./s1. The molecule has 0 spiro atoms. The zero-order chi connectivity index (χ0) is 11.5. The second-order valence-corrected chi connectivity index (χ2v) is 5.87. The van der Waals surface area contributed by atoms with Crippen molar-refractivity contribution in [1.29, 1.82) is 0 Å². The number of hydrogen-bond donors (Lipinski definition) is 2. The van der Waals surface area contributed by atoms with Crippen molar-refractivity contribution in [1.82, 2.24) is 9.03 Å². The van der Waals surface area contributed by atoms with Gasteiger partial charge in [0.2, 0.25) is 0 Å². The molecule has 0 aromatic carbocycles. The average molecular weight is 272 g/mol. The SMILES string of the molecule is CC1CCCCN1S(=O)(=O)N[C@@H](C)CN.Cl. The van der Waals surface area contributed by atoms with Crippen LogP contribution in [0.3, 0.4) is 0 Å². The van der Waals surface area contributed by atoms with E-state index in [4.69, 9.17) is 5.73 Å². The van der Waals surface area contributed by atoms with Gasteiger partial charge in [0.15, 0.2) is 0 Å². The summed E-state index contributed by atoms with van der Waals surface area (Å²) in [6.07, 6.45) is 3.00. The van der Waals surface area contributed by atoms with Gasteiger partial charge in [-0.25, -0.2) is 0 Å². The Hall–Kier alpha value is 0.120. The van der Waals surface area contributed by atoms with Crippen molar-refractivity contribution < 1.29 is 8.42 Å². The summed E-state index contributed by atoms with van der Waals surface area (Å²) in [5.41, 5.74) is 5.40. The van der Waals surface area contributed by atoms with Crippen LogP contribution in [-0.4, -0.2) is 37.9 Å². The van der Waals surface area contributed by atoms with Gasteiger partial charge in [0.1, 0.15) is 0 Å². The normalized spacial score (nSPS) is 24.8. The summed E-state index contributed by atoms with van der Waals surface area (Å²) >= 11 is 0. The highest BCUT2D eigenvalue weighted by Crippen LogP contribution is 2.19. The van der Waals surface area contributed by atoms with Gasteiger partial charge in [-0.3, -0.25) is 0 Å². The van der Waals surface area contributed by atoms with Gasteiger partial charge >= 0.3 is 0 Å². The quantitative estimate of drug-likeness (QED) is 0.780. The van der Waals surface area contributed by atoms with E-state index in [0.717, 1.165) is 19.3 Å². The first-order valence-electron chi connectivity index (χ1n) is 5.46. The minimum atomic E-state index is -3.34. The van der Waals surface area contributed by atoms with Gasteiger partial charge in [-0.1, -0.05) is 6.42 Å². The van der Waals surface area contributed by atoms with E-state index in [1.54, 1.807) is 11.2 Å². The minimum absolute atomic E-state index is 0. The molecule has 3 N–H and O–H groups in total. The molecule has 1 unspecified atom stereocenters. The van der Waals surface area contributed by atoms with Crippen LogP contribution in [0.25, 0.3) is 0 Å². The van der Waals surface area contributed by atoms with E-state index >= 15 is 0 Å². The predicted octanol–water partition coefficient (Wildman–Crippen LogP) is 0.464. The molecule has 2 atom stereocenters. The molecule has 0 amide bonds. The third-order valence-electron chi connectivity index (χ3n) is 2.75. The van der Waals surface area contributed by atoms with Crippen molar-refractivity contribution in [3.8, 4) is 0 Å². The first-order chi connectivity index (χ1) is 6.97. The molecule has 1 heterocycles. The highest BCUT2D eigenvalue weighted by molar-refractivity contribution is 7.87. The molecule has 98 valence electrons. The molecular weight excluding hydrogens is 250 g/mol. The monoisotopic (exact) mass is 271 g/mol. The van der Waals surface area contributed by atoms with Gasteiger partial charge in [0, 0.05) is 25.2 Å². The number of piperidine rings is 1. The third-order valence-corrected chi connectivity index (χ3v) is 4.61. The highest BCUT2D eigenvalue weighted by Gasteiger charge is 2.29. The second kappa shape index (κ2) is 6.76. The lowest BCUT2D eigenvalue weighted by Gasteiger charge is -2.33. The average Bonchev–Trinajstić information content (AvgIpc) is 2.17. The van der Waals surface area contributed by atoms with Crippen molar-refractivity contribution in [3.05, 3.63) is 0 Å². The molecular formula is C9H22ClN3O2S. The highest BCUT2D eigenvalue weighted by atomic mass is 35.5. The summed E-state index contributed by atoms with van der Waals surface area (Å²) in [5.74, 6) is 0. The number of nitrogens with one attached hydrogen (secondary N) is 1. The van der Waals surface area contributed by atoms with Crippen molar-refractivity contribution in [2.75, 3.05) is 13.1 Å². The molecule has 0 radical (unpaired) electrons. The lowest BCUT2D eigenvalue weighted by Crippen LogP contribution is -2.51. The van der Waals surface area contributed by atoms with E-state index in [-0.39, 0.29) is 24.5 Å². The first-order valence-corrected chi connectivity index (χ1v) is 6.90. The summed E-state index contributed by atoms with van der Waals surface area (Å²) in [7, 11) is -3.34. The minimum Gasteiger partial charge on any atom is -0.329 e. The molecule has 0 aromatic rings. The third kappa shape index (κ3) is 4.18. The molecule has 1 aliphatic rings. The van der Waals surface area contributed by atoms with Gasteiger partial charge < -0.3 is 5.73 Å². The zero-order valence-corrected chi connectivity index (χ0v) is 11.5. The fourth-order valence-corrected chi connectivity index (χ4v) is 3.49. The van der Waals surface area contributed by atoms with Crippen molar-refractivity contribution in [2.24, 2.45) is 5.73 Å². The molecule has 5 nitrogen and oxygen atoms in total. The Morgan fingerprint density at radius 1 is 1.50 bits per heavy atom. The largest absolute Gasteiger partial charge is 0.329 e. The lowest BCUT2D eigenvalue weighted by atomic mass is 10.1.